The van der Waals surface area contributed by atoms with E-state index >= 15 is 0 Å². The molecule has 0 aromatic carbocycles. The standard InChI is InChI=1S/C14H26N4O3.HI/c1-10-8-18(9-11(10)13(20)21-5)14(15-2)16-7-6-12(19)17(3)4;/h10-11H,6-9H2,1-5H3,(H,15,16);1H. The van der Waals surface area contributed by atoms with Gasteiger partial charge in [-0.3, -0.25) is 14.6 Å². The number of ether oxygens (including phenoxy) is 1. The molecule has 0 aromatic heterocycles. The molecule has 0 bridgehead atoms. The van der Waals surface area contributed by atoms with E-state index in [9.17, 15) is 9.59 Å². The SMILES string of the molecule is CN=C(NCCC(=O)N(C)C)N1CC(C)C(C(=O)OC)C1.I. The molecule has 1 rings (SSSR count). The predicted octanol–water partition coefficient (Wildman–Crippen LogP) is 0.399. The molecule has 2 atom stereocenters. The molecular formula is C14H27IN4O3. The molecule has 128 valence electrons. The molecule has 0 aliphatic carbocycles. The Morgan fingerprint density at radius 2 is 2.00 bits per heavy atom. The fourth-order valence-electron chi connectivity index (χ4n) is 2.44. The second-order valence-corrected chi connectivity index (χ2v) is 5.52. The van der Waals surface area contributed by atoms with Crippen LogP contribution in [0.2, 0.25) is 0 Å². The van der Waals surface area contributed by atoms with Gasteiger partial charge < -0.3 is 19.9 Å². The highest BCUT2D eigenvalue weighted by atomic mass is 127. The van der Waals surface area contributed by atoms with Crippen LogP contribution in [0.15, 0.2) is 4.99 Å². The minimum atomic E-state index is -0.178. The molecule has 1 amide bonds. The fraction of sp³-hybridized carbons (Fsp3) is 0.786. The van der Waals surface area contributed by atoms with Gasteiger partial charge in [0.15, 0.2) is 5.96 Å². The maximum absolute atomic E-state index is 11.7. The highest BCUT2D eigenvalue weighted by molar-refractivity contribution is 14.0. The highest BCUT2D eigenvalue weighted by Gasteiger charge is 2.36. The molecule has 0 saturated carbocycles. The van der Waals surface area contributed by atoms with Gasteiger partial charge in [-0.25, -0.2) is 0 Å². The summed E-state index contributed by atoms with van der Waals surface area (Å²) in [4.78, 5) is 31.1. The Balaban J connectivity index is 0.00000441. The number of amides is 1. The van der Waals surface area contributed by atoms with Crippen molar-refractivity contribution in [2.45, 2.75) is 13.3 Å². The molecule has 2 unspecified atom stereocenters. The number of nitrogens with one attached hydrogen (secondary N) is 1. The molecule has 1 aliphatic rings. The van der Waals surface area contributed by atoms with Crippen molar-refractivity contribution in [2.24, 2.45) is 16.8 Å². The summed E-state index contributed by atoms with van der Waals surface area (Å²) >= 11 is 0. The zero-order valence-corrected chi connectivity index (χ0v) is 16.3. The van der Waals surface area contributed by atoms with Crippen molar-refractivity contribution in [2.75, 3.05) is 47.9 Å². The fourth-order valence-corrected chi connectivity index (χ4v) is 2.44. The lowest BCUT2D eigenvalue weighted by Gasteiger charge is -2.21. The van der Waals surface area contributed by atoms with Gasteiger partial charge in [-0.1, -0.05) is 6.92 Å². The number of methoxy groups -OCH3 is 1. The number of likely N-dealkylation sites (tertiary alicyclic amines) is 1. The van der Waals surface area contributed by atoms with Gasteiger partial charge in [0.25, 0.3) is 0 Å². The summed E-state index contributed by atoms with van der Waals surface area (Å²) in [6, 6.07) is 0. The number of guanidine groups is 1. The van der Waals surface area contributed by atoms with Gasteiger partial charge >= 0.3 is 5.97 Å². The number of hydrogen-bond donors (Lipinski definition) is 1. The number of nitrogens with zero attached hydrogens (tertiary/aromatic N) is 3. The molecule has 22 heavy (non-hydrogen) atoms. The summed E-state index contributed by atoms with van der Waals surface area (Å²) in [7, 11) is 6.59. The van der Waals surface area contributed by atoms with E-state index in [4.69, 9.17) is 4.74 Å². The average molecular weight is 426 g/mol. The van der Waals surface area contributed by atoms with E-state index < -0.39 is 0 Å². The van der Waals surface area contributed by atoms with Crippen LogP contribution in [0.4, 0.5) is 0 Å². The third-order valence-electron chi connectivity index (χ3n) is 3.75. The zero-order chi connectivity index (χ0) is 16.0. The van der Waals surface area contributed by atoms with E-state index in [1.54, 1.807) is 26.0 Å². The number of hydrogen-bond acceptors (Lipinski definition) is 4. The highest BCUT2D eigenvalue weighted by Crippen LogP contribution is 2.23. The third kappa shape index (κ3) is 5.62. The molecule has 0 spiro atoms. The first-order chi connectivity index (χ1) is 9.90. The maximum Gasteiger partial charge on any atom is 0.310 e. The summed E-state index contributed by atoms with van der Waals surface area (Å²) in [5, 5.41) is 3.17. The number of carbonyl (C=O) groups excluding carboxylic acids is 2. The van der Waals surface area contributed by atoms with Crippen molar-refractivity contribution < 1.29 is 14.3 Å². The lowest BCUT2D eigenvalue weighted by Crippen LogP contribution is -2.42. The number of carbonyl (C=O) groups is 2. The molecule has 1 fully saturated rings. The van der Waals surface area contributed by atoms with Gasteiger partial charge in [-0.05, 0) is 5.92 Å². The van der Waals surface area contributed by atoms with Crippen molar-refractivity contribution in [3.63, 3.8) is 0 Å². The van der Waals surface area contributed by atoms with E-state index in [1.165, 1.54) is 7.11 Å². The van der Waals surface area contributed by atoms with Crippen molar-refractivity contribution >= 4 is 41.8 Å². The van der Waals surface area contributed by atoms with Crippen molar-refractivity contribution in [3.8, 4) is 0 Å². The van der Waals surface area contributed by atoms with Crippen LogP contribution in [-0.2, 0) is 14.3 Å². The molecule has 0 radical (unpaired) electrons. The summed E-state index contributed by atoms with van der Waals surface area (Å²) in [6.07, 6.45) is 0.413. The molecule has 1 heterocycles. The van der Waals surface area contributed by atoms with Crippen molar-refractivity contribution in [3.05, 3.63) is 0 Å². The van der Waals surface area contributed by atoms with Crippen molar-refractivity contribution in [1.29, 1.82) is 0 Å². The monoisotopic (exact) mass is 426 g/mol. The second kappa shape index (κ2) is 9.86. The van der Waals surface area contributed by atoms with Gasteiger partial charge in [0, 0.05) is 47.2 Å². The molecular weight excluding hydrogens is 399 g/mol. The summed E-state index contributed by atoms with van der Waals surface area (Å²) < 4.78 is 4.83. The first-order valence-corrected chi connectivity index (χ1v) is 7.14. The van der Waals surface area contributed by atoms with Gasteiger partial charge in [0.1, 0.15) is 0 Å². The van der Waals surface area contributed by atoms with E-state index in [2.05, 4.69) is 10.3 Å². The molecule has 1 N–H and O–H groups in total. The second-order valence-electron chi connectivity index (χ2n) is 5.52. The van der Waals surface area contributed by atoms with E-state index in [1.807, 2.05) is 11.8 Å². The Morgan fingerprint density at radius 3 is 2.50 bits per heavy atom. The zero-order valence-electron chi connectivity index (χ0n) is 14.0. The van der Waals surface area contributed by atoms with E-state index in [0.717, 1.165) is 12.5 Å². The van der Waals surface area contributed by atoms with Crippen molar-refractivity contribution in [1.82, 2.24) is 15.1 Å². The summed E-state index contributed by atoms with van der Waals surface area (Å²) in [5.41, 5.74) is 0. The topological polar surface area (TPSA) is 74.2 Å². The maximum atomic E-state index is 11.7. The van der Waals surface area contributed by atoms with Gasteiger partial charge in [0.2, 0.25) is 5.91 Å². The Labute approximate surface area is 149 Å². The van der Waals surface area contributed by atoms with E-state index in [-0.39, 0.29) is 47.7 Å². The number of halogens is 1. The van der Waals surface area contributed by atoms with Crippen LogP contribution < -0.4 is 5.32 Å². The Morgan fingerprint density at radius 1 is 1.36 bits per heavy atom. The quantitative estimate of drug-likeness (QED) is 0.305. The van der Waals surface area contributed by atoms with Crippen LogP contribution in [0.3, 0.4) is 0 Å². The first kappa shape index (κ1) is 20.9. The normalized spacial score (nSPS) is 21.1. The Kier molecular flexibility index (Phi) is 9.38. The third-order valence-corrected chi connectivity index (χ3v) is 3.75. The molecule has 7 nitrogen and oxygen atoms in total. The van der Waals surface area contributed by atoms with Crippen LogP contribution in [0.25, 0.3) is 0 Å². The minimum absolute atomic E-state index is 0. The summed E-state index contributed by atoms with van der Waals surface area (Å²) in [6.45, 7) is 3.90. The van der Waals surface area contributed by atoms with Gasteiger partial charge in [-0.15, -0.1) is 24.0 Å². The van der Waals surface area contributed by atoms with Gasteiger partial charge in [-0.2, -0.15) is 0 Å². The number of aliphatic imine (C=N–C) groups is 1. The van der Waals surface area contributed by atoms with Crippen LogP contribution in [0.1, 0.15) is 13.3 Å². The minimum Gasteiger partial charge on any atom is -0.469 e. The molecule has 0 aromatic rings. The first-order valence-electron chi connectivity index (χ1n) is 7.14. The van der Waals surface area contributed by atoms with Crippen LogP contribution >= 0.6 is 24.0 Å². The lowest BCUT2D eigenvalue weighted by atomic mass is 9.99. The summed E-state index contributed by atoms with van der Waals surface area (Å²) in [5.74, 6) is 0.708. The molecule has 1 saturated heterocycles. The average Bonchev–Trinajstić information content (AvgIpc) is 2.84. The molecule has 8 heteroatoms. The van der Waals surface area contributed by atoms with Crippen LogP contribution in [0.5, 0.6) is 0 Å². The smallest absolute Gasteiger partial charge is 0.310 e. The largest absolute Gasteiger partial charge is 0.469 e. The van der Waals surface area contributed by atoms with Crippen LogP contribution in [0, 0.1) is 11.8 Å². The predicted molar refractivity (Wildman–Crippen MR) is 96.3 cm³/mol. The Bertz CT molecular complexity index is 415. The van der Waals surface area contributed by atoms with Crippen LogP contribution in [-0.4, -0.2) is 75.5 Å². The number of esters is 1. The lowest BCUT2D eigenvalue weighted by molar-refractivity contribution is -0.146. The number of rotatable bonds is 4. The Hall–Kier alpha value is -1.06. The van der Waals surface area contributed by atoms with E-state index in [0.29, 0.717) is 19.5 Å². The molecule has 1 aliphatic heterocycles. The van der Waals surface area contributed by atoms with Gasteiger partial charge in [0.05, 0.1) is 13.0 Å².